The Labute approximate surface area is 135 Å². The molecule has 1 aromatic heterocycles. The fourth-order valence-electron chi connectivity index (χ4n) is 4.36. The van der Waals surface area contributed by atoms with E-state index in [0.717, 1.165) is 6.42 Å². The minimum absolute atomic E-state index is 0.171. The molecular formula is C20H30N2. The van der Waals surface area contributed by atoms with Crippen LogP contribution in [0, 0.1) is 11.8 Å². The monoisotopic (exact) mass is 298 g/mol. The molecule has 2 heterocycles. The molecule has 2 aliphatic rings. The largest absolute Gasteiger partial charge is 0.303 e. The van der Waals surface area contributed by atoms with Gasteiger partial charge in [0.15, 0.2) is 0 Å². The fraction of sp³-hybridized carbons (Fsp3) is 0.650. The van der Waals surface area contributed by atoms with Gasteiger partial charge in [0, 0.05) is 18.2 Å². The van der Waals surface area contributed by atoms with E-state index >= 15 is 0 Å². The highest BCUT2D eigenvalue weighted by Crippen LogP contribution is 2.46. The van der Waals surface area contributed by atoms with Gasteiger partial charge in [-0.15, -0.1) is 0 Å². The summed E-state index contributed by atoms with van der Waals surface area (Å²) in [5.41, 5.74) is 4.21. The van der Waals surface area contributed by atoms with Crippen LogP contribution >= 0.6 is 0 Å². The van der Waals surface area contributed by atoms with Gasteiger partial charge in [-0.3, -0.25) is 4.98 Å². The van der Waals surface area contributed by atoms with Crippen LogP contribution in [0.15, 0.2) is 18.3 Å². The van der Waals surface area contributed by atoms with E-state index in [-0.39, 0.29) is 5.41 Å². The number of aromatic nitrogens is 1. The Bertz CT molecular complexity index is 563. The standard InChI is InChI=1S/C20H30N2/c1-5-16-12-17-10-9-15(3)20(4,19(17)21-13-16)18-8-7-11-22(6-2)14-18/h9-10,12-13,15,18H,5-8,11,14H2,1-4H3. The number of fused-ring (bicyclic) bond motifs is 1. The lowest BCUT2D eigenvalue weighted by Gasteiger charge is -2.47. The topological polar surface area (TPSA) is 16.1 Å². The van der Waals surface area contributed by atoms with Crippen LogP contribution in [0.1, 0.15) is 57.4 Å². The molecule has 3 atom stereocenters. The minimum Gasteiger partial charge on any atom is -0.303 e. The fourth-order valence-corrected chi connectivity index (χ4v) is 4.36. The molecule has 1 fully saturated rings. The summed E-state index contributed by atoms with van der Waals surface area (Å²) < 4.78 is 0. The van der Waals surface area contributed by atoms with Gasteiger partial charge in [0.2, 0.25) is 0 Å². The van der Waals surface area contributed by atoms with Crippen molar-refractivity contribution in [3.8, 4) is 0 Å². The second-order valence-corrected chi connectivity index (χ2v) is 7.30. The zero-order valence-corrected chi connectivity index (χ0v) is 14.6. The van der Waals surface area contributed by atoms with Crippen molar-refractivity contribution < 1.29 is 0 Å². The molecule has 0 saturated carbocycles. The van der Waals surface area contributed by atoms with Crippen molar-refractivity contribution in [3.63, 3.8) is 0 Å². The number of likely N-dealkylation sites (tertiary alicyclic amines) is 1. The van der Waals surface area contributed by atoms with Crippen molar-refractivity contribution >= 4 is 6.08 Å². The number of aryl methyl sites for hydroxylation is 1. The normalized spacial score (nSPS) is 32.0. The average Bonchev–Trinajstić information content (AvgIpc) is 2.58. The quantitative estimate of drug-likeness (QED) is 0.827. The zero-order valence-electron chi connectivity index (χ0n) is 14.6. The van der Waals surface area contributed by atoms with Crippen molar-refractivity contribution in [2.24, 2.45) is 11.8 Å². The average molecular weight is 298 g/mol. The van der Waals surface area contributed by atoms with Gasteiger partial charge < -0.3 is 4.90 Å². The number of piperidine rings is 1. The maximum absolute atomic E-state index is 4.95. The van der Waals surface area contributed by atoms with Gasteiger partial charge in [-0.05, 0) is 61.4 Å². The van der Waals surface area contributed by atoms with Crippen molar-refractivity contribution in [1.29, 1.82) is 0 Å². The van der Waals surface area contributed by atoms with E-state index in [4.69, 9.17) is 4.98 Å². The van der Waals surface area contributed by atoms with E-state index in [1.54, 1.807) is 0 Å². The summed E-state index contributed by atoms with van der Waals surface area (Å²) in [5, 5.41) is 0. The third kappa shape index (κ3) is 2.52. The van der Waals surface area contributed by atoms with E-state index in [2.05, 4.69) is 57.0 Å². The van der Waals surface area contributed by atoms with Crippen LogP contribution < -0.4 is 0 Å². The summed E-state index contributed by atoms with van der Waals surface area (Å²) in [4.78, 5) is 7.57. The predicted molar refractivity (Wildman–Crippen MR) is 94.0 cm³/mol. The van der Waals surface area contributed by atoms with Gasteiger partial charge in [0.25, 0.3) is 0 Å². The molecule has 0 radical (unpaired) electrons. The second-order valence-electron chi connectivity index (χ2n) is 7.30. The Morgan fingerprint density at radius 3 is 2.91 bits per heavy atom. The molecule has 0 amide bonds. The van der Waals surface area contributed by atoms with Crippen LogP contribution in [0.5, 0.6) is 0 Å². The molecule has 0 spiro atoms. The summed E-state index contributed by atoms with van der Waals surface area (Å²) in [6, 6.07) is 2.35. The predicted octanol–water partition coefficient (Wildman–Crippen LogP) is 4.30. The van der Waals surface area contributed by atoms with Gasteiger partial charge in [0.1, 0.15) is 0 Å². The number of allylic oxidation sites excluding steroid dienone is 1. The zero-order chi connectivity index (χ0) is 15.7. The van der Waals surface area contributed by atoms with Crippen LogP contribution in [-0.2, 0) is 11.8 Å². The number of hydrogen-bond acceptors (Lipinski definition) is 2. The molecule has 0 bridgehead atoms. The molecule has 3 unspecified atom stereocenters. The first-order valence-corrected chi connectivity index (χ1v) is 8.99. The number of pyridine rings is 1. The molecule has 120 valence electrons. The number of rotatable bonds is 3. The van der Waals surface area contributed by atoms with Crippen molar-refractivity contribution in [3.05, 3.63) is 35.2 Å². The molecule has 0 aromatic carbocycles. The van der Waals surface area contributed by atoms with Gasteiger partial charge in [-0.25, -0.2) is 0 Å². The van der Waals surface area contributed by atoms with Gasteiger partial charge in [-0.2, -0.15) is 0 Å². The first-order chi connectivity index (χ1) is 10.6. The van der Waals surface area contributed by atoms with Crippen LogP contribution in [0.25, 0.3) is 6.08 Å². The Hall–Kier alpha value is -1.15. The van der Waals surface area contributed by atoms with E-state index in [9.17, 15) is 0 Å². The molecule has 1 aliphatic heterocycles. The minimum atomic E-state index is 0.171. The van der Waals surface area contributed by atoms with Crippen LogP contribution in [0.4, 0.5) is 0 Å². The molecule has 1 saturated heterocycles. The molecule has 2 heteroatoms. The number of hydrogen-bond donors (Lipinski definition) is 0. The highest BCUT2D eigenvalue weighted by Gasteiger charge is 2.44. The van der Waals surface area contributed by atoms with Crippen LogP contribution in [0.3, 0.4) is 0 Å². The Kier molecular flexibility index (Phi) is 4.40. The molecular weight excluding hydrogens is 268 g/mol. The maximum Gasteiger partial charge on any atom is 0.0543 e. The smallest absolute Gasteiger partial charge is 0.0543 e. The van der Waals surface area contributed by atoms with Crippen molar-refractivity contribution in [2.45, 2.75) is 52.4 Å². The third-order valence-electron chi connectivity index (χ3n) is 6.20. The molecule has 22 heavy (non-hydrogen) atoms. The van der Waals surface area contributed by atoms with E-state index in [0.29, 0.717) is 11.8 Å². The van der Waals surface area contributed by atoms with E-state index < -0.39 is 0 Å². The molecule has 1 aliphatic carbocycles. The first-order valence-electron chi connectivity index (χ1n) is 8.99. The lowest BCUT2D eigenvalue weighted by atomic mass is 9.61. The van der Waals surface area contributed by atoms with Crippen LogP contribution in [0.2, 0.25) is 0 Å². The first kappa shape index (κ1) is 15.7. The Balaban J connectivity index is 2.00. The van der Waals surface area contributed by atoms with Gasteiger partial charge in [-0.1, -0.05) is 39.8 Å². The summed E-state index contributed by atoms with van der Waals surface area (Å²) in [6.07, 6.45) is 10.5. The van der Waals surface area contributed by atoms with E-state index in [1.165, 1.54) is 49.3 Å². The second kappa shape index (κ2) is 6.16. The summed E-state index contributed by atoms with van der Waals surface area (Å²) in [6.45, 7) is 13.0. The third-order valence-corrected chi connectivity index (χ3v) is 6.20. The van der Waals surface area contributed by atoms with Crippen molar-refractivity contribution in [1.82, 2.24) is 9.88 Å². The Morgan fingerprint density at radius 1 is 1.36 bits per heavy atom. The molecule has 1 aromatic rings. The highest BCUT2D eigenvalue weighted by atomic mass is 15.1. The number of nitrogens with zero attached hydrogens (tertiary/aromatic N) is 2. The highest BCUT2D eigenvalue weighted by molar-refractivity contribution is 5.59. The SMILES string of the molecule is CCc1cnc2c(c1)C=CC(C)C2(C)C1CCCN(CC)C1. The van der Waals surface area contributed by atoms with Gasteiger partial charge >= 0.3 is 0 Å². The van der Waals surface area contributed by atoms with E-state index in [1.807, 2.05) is 0 Å². The maximum atomic E-state index is 4.95. The molecule has 3 rings (SSSR count). The lowest BCUT2D eigenvalue weighted by Crippen LogP contribution is -2.48. The summed E-state index contributed by atoms with van der Waals surface area (Å²) in [5.74, 6) is 1.27. The molecule has 0 N–H and O–H groups in total. The van der Waals surface area contributed by atoms with Crippen molar-refractivity contribution in [2.75, 3.05) is 19.6 Å². The summed E-state index contributed by atoms with van der Waals surface area (Å²) in [7, 11) is 0. The van der Waals surface area contributed by atoms with Gasteiger partial charge in [0.05, 0.1) is 5.69 Å². The molecule has 2 nitrogen and oxygen atoms in total. The van der Waals surface area contributed by atoms with Crippen LogP contribution in [-0.4, -0.2) is 29.5 Å². The lowest BCUT2D eigenvalue weighted by molar-refractivity contribution is 0.102. The Morgan fingerprint density at radius 2 is 2.18 bits per heavy atom. The summed E-state index contributed by atoms with van der Waals surface area (Å²) >= 11 is 0.